The van der Waals surface area contributed by atoms with Gasteiger partial charge >= 0.3 is 0 Å². The zero-order chi connectivity index (χ0) is 22.8. The van der Waals surface area contributed by atoms with Crippen molar-refractivity contribution in [1.29, 1.82) is 0 Å². The van der Waals surface area contributed by atoms with Crippen LogP contribution in [-0.4, -0.2) is 94.9 Å². The van der Waals surface area contributed by atoms with E-state index < -0.39 is 35.9 Å². The molecule has 0 aromatic rings. The maximum atomic E-state index is 10.7. The van der Waals surface area contributed by atoms with Crippen molar-refractivity contribution in [1.82, 2.24) is 5.32 Å². The first kappa shape index (κ1) is 28.6. The van der Waals surface area contributed by atoms with Crippen LogP contribution in [0.3, 0.4) is 0 Å². The second-order valence-electron chi connectivity index (χ2n) is 8.36. The standard InChI is InChI=1S/C20H43NO8/c1-13(22)9-26-15(3)11-28-17(5)19(7,24)21-20(8,25)18(6)29-12-16(4)27-10-14(2)23/h13-18,21-25H,9-12H2,1-8H3. The lowest BCUT2D eigenvalue weighted by Crippen LogP contribution is -2.65. The number of aliphatic hydroxyl groups excluding tert-OH is 2. The largest absolute Gasteiger partial charge is 0.391 e. The lowest BCUT2D eigenvalue weighted by atomic mass is 10.0. The smallest absolute Gasteiger partial charge is 0.141 e. The molecule has 0 saturated carbocycles. The fourth-order valence-electron chi connectivity index (χ4n) is 2.30. The summed E-state index contributed by atoms with van der Waals surface area (Å²) in [4.78, 5) is 0. The third kappa shape index (κ3) is 12.8. The van der Waals surface area contributed by atoms with Crippen molar-refractivity contribution in [2.45, 2.75) is 103 Å². The highest BCUT2D eigenvalue weighted by Crippen LogP contribution is 2.19. The maximum Gasteiger partial charge on any atom is 0.141 e. The molecule has 0 heterocycles. The zero-order valence-electron chi connectivity index (χ0n) is 19.2. The van der Waals surface area contributed by atoms with Crippen LogP contribution in [0.1, 0.15) is 55.4 Å². The minimum atomic E-state index is -1.54. The highest BCUT2D eigenvalue weighted by molar-refractivity contribution is 4.88. The van der Waals surface area contributed by atoms with Crippen LogP contribution in [0.5, 0.6) is 0 Å². The average molecular weight is 426 g/mol. The van der Waals surface area contributed by atoms with Gasteiger partial charge in [0.15, 0.2) is 0 Å². The summed E-state index contributed by atoms with van der Waals surface area (Å²) in [7, 11) is 0. The van der Waals surface area contributed by atoms with Crippen LogP contribution in [0.2, 0.25) is 0 Å². The van der Waals surface area contributed by atoms with Gasteiger partial charge in [-0.05, 0) is 55.4 Å². The van der Waals surface area contributed by atoms with Gasteiger partial charge in [-0.15, -0.1) is 0 Å². The van der Waals surface area contributed by atoms with Crippen LogP contribution in [0.15, 0.2) is 0 Å². The van der Waals surface area contributed by atoms with Gasteiger partial charge in [-0.2, -0.15) is 0 Å². The van der Waals surface area contributed by atoms with Gasteiger partial charge in [-0.25, -0.2) is 0 Å². The Morgan fingerprint density at radius 2 is 0.931 bits per heavy atom. The van der Waals surface area contributed by atoms with E-state index in [2.05, 4.69) is 5.32 Å². The molecular formula is C20H43NO8. The van der Waals surface area contributed by atoms with E-state index in [9.17, 15) is 20.4 Å². The molecule has 9 nitrogen and oxygen atoms in total. The summed E-state index contributed by atoms with van der Waals surface area (Å²) in [6.45, 7) is 14.1. The Kier molecular flexibility index (Phi) is 13.0. The molecule has 0 fully saturated rings. The van der Waals surface area contributed by atoms with Crippen LogP contribution >= 0.6 is 0 Å². The summed E-state index contributed by atoms with van der Waals surface area (Å²) in [6, 6.07) is 0. The van der Waals surface area contributed by atoms with E-state index in [1.165, 1.54) is 13.8 Å². The predicted octanol–water partition coefficient (Wildman–Crippen LogP) is 0.375. The molecule has 176 valence electrons. The van der Waals surface area contributed by atoms with E-state index in [1.807, 2.05) is 13.8 Å². The quantitative estimate of drug-likeness (QED) is 0.223. The third-order valence-electron chi connectivity index (χ3n) is 4.50. The monoisotopic (exact) mass is 425 g/mol. The first-order valence-electron chi connectivity index (χ1n) is 10.2. The third-order valence-corrected chi connectivity index (χ3v) is 4.50. The van der Waals surface area contributed by atoms with Gasteiger partial charge in [0.05, 0.1) is 63.1 Å². The van der Waals surface area contributed by atoms with Crippen LogP contribution < -0.4 is 5.32 Å². The molecule has 0 rings (SSSR count). The summed E-state index contributed by atoms with van der Waals surface area (Å²) in [5, 5.41) is 42.7. The lowest BCUT2D eigenvalue weighted by Gasteiger charge is -2.41. The number of rotatable bonds is 16. The Morgan fingerprint density at radius 3 is 1.21 bits per heavy atom. The Balaban J connectivity index is 4.52. The van der Waals surface area contributed by atoms with E-state index in [-0.39, 0.29) is 38.6 Å². The van der Waals surface area contributed by atoms with Gasteiger partial charge < -0.3 is 39.4 Å². The first-order valence-corrected chi connectivity index (χ1v) is 10.2. The molecule has 0 aromatic carbocycles. The summed E-state index contributed by atoms with van der Waals surface area (Å²) < 4.78 is 22.2. The van der Waals surface area contributed by atoms with Crippen molar-refractivity contribution in [3.8, 4) is 0 Å². The molecule has 0 bridgehead atoms. The SMILES string of the molecule is CC(O)COC(C)COC(C)C(C)(O)NC(C)(O)C(C)OCC(C)OCC(C)O. The van der Waals surface area contributed by atoms with Gasteiger partial charge in [-0.1, -0.05) is 0 Å². The minimum absolute atomic E-state index is 0.205. The number of nitrogens with one attached hydrogen (secondary N) is 1. The molecule has 0 saturated heterocycles. The number of aliphatic hydroxyl groups is 4. The topological polar surface area (TPSA) is 130 Å². The number of ether oxygens (including phenoxy) is 4. The predicted molar refractivity (Wildman–Crippen MR) is 109 cm³/mol. The van der Waals surface area contributed by atoms with Gasteiger partial charge in [0.1, 0.15) is 11.4 Å². The fraction of sp³-hybridized carbons (Fsp3) is 1.00. The van der Waals surface area contributed by atoms with Crippen LogP contribution in [0.25, 0.3) is 0 Å². The Labute approximate surface area is 175 Å². The Hall–Kier alpha value is -0.360. The van der Waals surface area contributed by atoms with Gasteiger partial charge in [-0.3, -0.25) is 5.32 Å². The molecule has 0 aromatic heterocycles. The van der Waals surface area contributed by atoms with Crippen molar-refractivity contribution in [2.75, 3.05) is 26.4 Å². The molecule has 29 heavy (non-hydrogen) atoms. The van der Waals surface area contributed by atoms with Crippen LogP contribution in [0, 0.1) is 0 Å². The molecule has 8 unspecified atom stereocenters. The molecule has 0 aliphatic rings. The molecule has 0 spiro atoms. The second kappa shape index (κ2) is 13.1. The number of hydrogen-bond acceptors (Lipinski definition) is 9. The molecule has 0 amide bonds. The van der Waals surface area contributed by atoms with Crippen molar-refractivity contribution in [3.63, 3.8) is 0 Å². The van der Waals surface area contributed by atoms with E-state index in [4.69, 9.17) is 18.9 Å². The summed E-state index contributed by atoms with van der Waals surface area (Å²) >= 11 is 0. The highest BCUT2D eigenvalue weighted by Gasteiger charge is 2.40. The Morgan fingerprint density at radius 1 is 0.621 bits per heavy atom. The van der Waals surface area contributed by atoms with Crippen molar-refractivity contribution >= 4 is 0 Å². The zero-order valence-corrected chi connectivity index (χ0v) is 19.2. The summed E-state index contributed by atoms with van der Waals surface area (Å²) in [6.07, 6.45) is -2.95. The van der Waals surface area contributed by atoms with Gasteiger partial charge in [0.2, 0.25) is 0 Å². The van der Waals surface area contributed by atoms with Crippen molar-refractivity contribution in [2.24, 2.45) is 0 Å². The number of hydrogen-bond donors (Lipinski definition) is 5. The molecule has 5 N–H and O–H groups in total. The Bertz CT molecular complexity index is 393. The molecule has 0 radical (unpaired) electrons. The second-order valence-corrected chi connectivity index (χ2v) is 8.36. The highest BCUT2D eigenvalue weighted by atomic mass is 16.6. The normalized spacial score (nSPS) is 22.8. The maximum absolute atomic E-state index is 10.7. The fourth-order valence-corrected chi connectivity index (χ4v) is 2.30. The molecule has 0 aliphatic carbocycles. The van der Waals surface area contributed by atoms with E-state index in [1.54, 1.807) is 27.7 Å². The van der Waals surface area contributed by atoms with Crippen molar-refractivity contribution in [3.05, 3.63) is 0 Å². The van der Waals surface area contributed by atoms with E-state index in [0.29, 0.717) is 0 Å². The molecule has 0 aliphatic heterocycles. The minimum Gasteiger partial charge on any atom is -0.391 e. The first-order chi connectivity index (χ1) is 13.2. The lowest BCUT2D eigenvalue weighted by molar-refractivity contribution is -0.196. The van der Waals surface area contributed by atoms with Crippen molar-refractivity contribution < 1.29 is 39.4 Å². The summed E-state index contributed by atoms with van der Waals surface area (Å²) in [5.41, 5.74) is -3.08. The molecular weight excluding hydrogens is 382 g/mol. The van der Waals surface area contributed by atoms with E-state index >= 15 is 0 Å². The van der Waals surface area contributed by atoms with Crippen LogP contribution in [-0.2, 0) is 18.9 Å². The average Bonchev–Trinajstić information content (AvgIpc) is 2.59. The summed E-state index contributed by atoms with van der Waals surface area (Å²) in [5.74, 6) is 0. The van der Waals surface area contributed by atoms with Crippen LogP contribution in [0.4, 0.5) is 0 Å². The van der Waals surface area contributed by atoms with E-state index in [0.717, 1.165) is 0 Å². The van der Waals surface area contributed by atoms with Gasteiger partial charge in [0.25, 0.3) is 0 Å². The van der Waals surface area contributed by atoms with Gasteiger partial charge in [0, 0.05) is 0 Å². The molecule has 8 atom stereocenters. The molecule has 9 heteroatoms.